The van der Waals surface area contributed by atoms with Gasteiger partial charge < -0.3 is 14.2 Å². The van der Waals surface area contributed by atoms with E-state index in [9.17, 15) is 4.79 Å². The average Bonchev–Trinajstić information content (AvgIpc) is 2.99. The lowest BCUT2D eigenvalue weighted by Gasteiger charge is -2.27. The van der Waals surface area contributed by atoms with Crippen molar-refractivity contribution in [2.45, 2.75) is 31.2 Å². The molecule has 4 nitrogen and oxygen atoms in total. The number of hydrogen-bond donors (Lipinski definition) is 0. The van der Waals surface area contributed by atoms with Crippen LogP contribution < -0.4 is 0 Å². The van der Waals surface area contributed by atoms with Gasteiger partial charge in [0.05, 0.1) is 12.5 Å². The molecule has 0 radical (unpaired) electrons. The molecule has 7 heteroatoms. The number of ether oxygens (including phenoxy) is 1. The van der Waals surface area contributed by atoms with Crippen LogP contribution in [0.1, 0.15) is 27.9 Å². The summed E-state index contributed by atoms with van der Waals surface area (Å²) in [4.78, 5) is 15.3. The predicted molar refractivity (Wildman–Crippen MR) is 94.1 cm³/mol. The molecule has 0 amide bonds. The summed E-state index contributed by atoms with van der Waals surface area (Å²) in [5.74, 6) is -0.287. The second kappa shape index (κ2) is 10.1. The number of esters is 1. The molecule has 0 aliphatic rings. The maximum absolute atomic E-state index is 11.4. The van der Waals surface area contributed by atoms with Gasteiger partial charge in [0, 0.05) is 18.0 Å². The minimum Gasteiger partial charge on any atom is -0.465 e. The fraction of sp³-hybridized carbons (Fsp3) is 0.533. The second-order valence-corrected chi connectivity index (χ2v) is 6.71. The van der Waals surface area contributed by atoms with Crippen LogP contribution in [0.15, 0.2) is 24.3 Å². The van der Waals surface area contributed by atoms with E-state index in [2.05, 4.69) is 23.9 Å². The van der Waals surface area contributed by atoms with Crippen LogP contribution in [0.3, 0.4) is 0 Å². The van der Waals surface area contributed by atoms with Crippen molar-refractivity contribution in [2.75, 3.05) is 21.3 Å². The molecule has 0 saturated heterocycles. The van der Waals surface area contributed by atoms with Crippen molar-refractivity contribution in [3.63, 3.8) is 0 Å². The van der Waals surface area contributed by atoms with Gasteiger partial charge in [-0.15, -0.1) is 22.9 Å². The summed E-state index contributed by atoms with van der Waals surface area (Å²) in [6.07, 6.45) is 5.86. The summed E-state index contributed by atoms with van der Waals surface area (Å²) in [5.41, 5.74) is 0. The van der Waals surface area contributed by atoms with Gasteiger partial charge >= 0.3 is 13.6 Å². The number of thiophene rings is 1. The molecule has 122 valence electrons. The van der Waals surface area contributed by atoms with E-state index >= 15 is 0 Å². The van der Waals surface area contributed by atoms with Crippen LogP contribution in [0.4, 0.5) is 0 Å². The molecule has 1 aromatic rings. The molecule has 0 saturated carbocycles. The van der Waals surface area contributed by atoms with Crippen LogP contribution in [0.5, 0.6) is 0 Å². The first-order valence-corrected chi connectivity index (χ1v) is 8.45. The maximum Gasteiger partial charge on any atom is 0.363 e. The summed E-state index contributed by atoms with van der Waals surface area (Å²) in [6.45, 7) is 2.07. The van der Waals surface area contributed by atoms with Gasteiger partial charge in [-0.1, -0.05) is 19.1 Å². The lowest BCUT2D eigenvalue weighted by molar-refractivity contribution is 0.0606. The van der Waals surface area contributed by atoms with Crippen molar-refractivity contribution in [3.8, 4) is 0 Å². The molecular formula is C15H23BClNO3S. The number of alkyl halides is 1. The predicted octanol–water partition coefficient (Wildman–Crippen LogP) is 2.86. The van der Waals surface area contributed by atoms with E-state index < -0.39 is 0 Å². The molecule has 0 fully saturated rings. The Morgan fingerprint density at radius 1 is 1.50 bits per heavy atom. The number of carbonyl (C=O) groups is 1. The number of likely N-dealkylation sites (N-methyl/N-ethyl adjacent to an activating group) is 1. The first-order valence-electron chi connectivity index (χ1n) is 7.20. The highest BCUT2D eigenvalue weighted by molar-refractivity contribution is 7.13. The van der Waals surface area contributed by atoms with Crippen molar-refractivity contribution in [2.24, 2.45) is 0 Å². The minimum atomic E-state index is -0.287. The normalized spacial score (nSPS) is 14.3. The number of methoxy groups -OCH3 is 1. The highest BCUT2D eigenvalue weighted by atomic mass is 35.5. The Hall–Kier alpha value is -0.815. The lowest BCUT2D eigenvalue weighted by Crippen LogP contribution is -2.40. The zero-order valence-corrected chi connectivity index (χ0v) is 15.1. The third-order valence-corrected chi connectivity index (χ3v) is 4.96. The Morgan fingerprint density at radius 3 is 2.82 bits per heavy atom. The molecule has 0 spiro atoms. The Kier molecular flexibility index (Phi) is 8.79. The first kappa shape index (κ1) is 19.2. The van der Waals surface area contributed by atoms with Crippen molar-refractivity contribution >= 4 is 36.5 Å². The van der Waals surface area contributed by atoms with Crippen molar-refractivity contribution < 1.29 is 14.2 Å². The Balaban J connectivity index is 2.67. The second-order valence-electron chi connectivity index (χ2n) is 4.98. The van der Waals surface area contributed by atoms with Crippen molar-refractivity contribution in [1.82, 2.24) is 4.81 Å². The summed E-state index contributed by atoms with van der Waals surface area (Å²) in [5, 5.41) is 0.0327. The number of rotatable bonds is 9. The van der Waals surface area contributed by atoms with Gasteiger partial charge in [-0.25, -0.2) is 4.79 Å². The summed E-state index contributed by atoms with van der Waals surface area (Å²) in [7, 11) is 5.59. The number of allylic oxidation sites excluding steroid dienone is 1. The van der Waals surface area contributed by atoms with Crippen LogP contribution in [-0.4, -0.2) is 51.1 Å². The van der Waals surface area contributed by atoms with Crippen LogP contribution in [0.2, 0.25) is 0 Å². The molecule has 0 aromatic carbocycles. The highest BCUT2D eigenvalue weighted by Gasteiger charge is 2.20. The molecule has 0 aliphatic heterocycles. The zero-order valence-electron chi connectivity index (χ0n) is 13.5. The zero-order chi connectivity index (χ0) is 16.5. The fourth-order valence-electron chi connectivity index (χ4n) is 2.10. The van der Waals surface area contributed by atoms with Gasteiger partial charge in [0.2, 0.25) is 0 Å². The van der Waals surface area contributed by atoms with Gasteiger partial charge in [-0.05, 0) is 32.0 Å². The average molecular weight is 344 g/mol. The topological polar surface area (TPSA) is 38.8 Å². The Bertz CT molecular complexity index is 495. The van der Waals surface area contributed by atoms with Crippen LogP contribution >= 0.6 is 22.9 Å². The van der Waals surface area contributed by atoms with Crippen molar-refractivity contribution in [1.29, 1.82) is 0 Å². The monoisotopic (exact) mass is 343 g/mol. The van der Waals surface area contributed by atoms with Gasteiger partial charge in [0.1, 0.15) is 4.88 Å². The van der Waals surface area contributed by atoms with E-state index in [1.54, 1.807) is 13.2 Å². The van der Waals surface area contributed by atoms with E-state index in [1.807, 2.05) is 13.1 Å². The maximum atomic E-state index is 11.4. The number of hydrogen-bond acceptors (Lipinski definition) is 5. The van der Waals surface area contributed by atoms with E-state index in [1.165, 1.54) is 18.4 Å². The molecule has 0 bridgehead atoms. The standard InChI is InChI=1S/C15H23BClNO3S/c1-5-12(17)13(18(2)16-21-4)8-6-7-11-9-10-14(22-11)15(19)20-3/h6,8-10,12-13,16H,5,7H2,1-4H3/t12?,13-/m0/s1. The molecule has 1 unspecified atom stereocenters. The van der Waals surface area contributed by atoms with Gasteiger partial charge in [-0.2, -0.15) is 0 Å². The Labute approximate surface area is 142 Å². The highest BCUT2D eigenvalue weighted by Crippen LogP contribution is 2.19. The van der Waals surface area contributed by atoms with E-state index in [0.717, 1.165) is 17.7 Å². The smallest absolute Gasteiger partial charge is 0.363 e. The van der Waals surface area contributed by atoms with Crippen LogP contribution in [-0.2, 0) is 15.8 Å². The lowest BCUT2D eigenvalue weighted by atomic mass is 10.0. The van der Waals surface area contributed by atoms with E-state index in [0.29, 0.717) is 12.5 Å². The molecule has 1 rings (SSSR count). The van der Waals surface area contributed by atoms with E-state index in [4.69, 9.17) is 21.0 Å². The van der Waals surface area contributed by atoms with Crippen molar-refractivity contribution in [3.05, 3.63) is 34.0 Å². The van der Waals surface area contributed by atoms with Gasteiger partial charge in [0.25, 0.3) is 0 Å². The molecule has 22 heavy (non-hydrogen) atoms. The summed E-state index contributed by atoms with van der Waals surface area (Å²) >= 11 is 7.85. The number of nitrogens with zero attached hydrogens (tertiary/aromatic N) is 1. The fourth-order valence-corrected chi connectivity index (χ4v) is 3.27. The first-order chi connectivity index (χ1) is 10.5. The number of carbonyl (C=O) groups excluding carboxylic acids is 1. The molecular weight excluding hydrogens is 321 g/mol. The third-order valence-electron chi connectivity index (χ3n) is 3.30. The molecule has 2 atom stereocenters. The molecule has 0 aliphatic carbocycles. The molecule has 1 aromatic heterocycles. The minimum absolute atomic E-state index is 0.0327. The third kappa shape index (κ3) is 5.76. The van der Waals surface area contributed by atoms with Crippen LogP contribution in [0.25, 0.3) is 0 Å². The quantitative estimate of drug-likeness (QED) is 0.299. The van der Waals surface area contributed by atoms with E-state index in [-0.39, 0.29) is 17.4 Å². The Morgan fingerprint density at radius 2 is 2.23 bits per heavy atom. The SMILES string of the molecule is CCC(Cl)[C@H](C=CCc1ccc(C(=O)OC)s1)N(C)BOC. The largest absolute Gasteiger partial charge is 0.465 e. The molecule has 0 N–H and O–H groups in total. The summed E-state index contributed by atoms with van der Waals surface area (Å²) < 4.78 is 9.88. The van der Waals surface area contributed by atoms with Gasteiger partial charge in [-0.3, -0.25) is 0 Å². The number of halogens is 1. The van der Waals surface area contributed by atoms with Gasteiger partial charge in [0.15, 0.2) is 0 Å². The van der Waals surface area contributed by atoms with Crippen LogP contribution in [0, 0.1) is 0 Å². The summed E-state index contributed by atoms with van der Waals surface area (Å²) in [6, 6.07) is 3.87. The molecule has 1 heterocycles.